The smallest absolute Gasteiger partial charge is 0.233 e. The average molecular weight is 339 g/mol. The summed E-state index contributed by atoms with van der Waals surface area (Å²) in [5.74, 6) is 2.04. The number of amides is 1. The lowest BCUT2D eigenvalue weighted by molar-refractivity contribution is -0.143. The number of fused-ring (bicyclic) bond motifs is 2. The van der Waals surface area contributed by atoms with Crippen LogP contribution in [0.15, 0.2) is 34.7 Å². The van der Waals surface area contributed by atoms with Gasteiger partial charge in [0, 0.05) is 37.5 Å². The van der Waals surface area contributed by atoms with Gasteiger partial charge in [-0.05, 0) is 12.1 Å². The third-order valence-corrected chi connectivity index (χ3v) is 5.75. The van der Waals surface area contributed by atoms with E-state index in [0.29, 0.717) is 44.7 Å². The predicted octanol–water partition coefficient (Wildman–Crippen LogP) is 1.46. The van der Waals surface area contributed by atoms with Crippen LogP contribution in [0.4, 0.5) is 0 Å². The van der Waals surface area contributed by atoms with Crippen LogP contribution in [0.2, 0.25) is 0 Å². The highest BCUT2D eigenvalue weighted by molar-refractivity contribution is 5.84. The number of oxazole rings is 1. The fourth-order valence-corrected chi connectivity index (χ4v) is 4.28. The summed E-state index contributed by atoms with van der Waals surface area (Å²) >= 11 is 0. The van der Waals surface area contributed by atoms with Gasteiger partial charge in [0.05, 0.1) is 25.2 Å². The monoisotopic (exact) mass is 339 g/mol. The van der Waals surface area contributed by atoms with Gasteiger partial charge >= 0.3 is 0 Å². The van der Waals surface area contributed by atoms with Crippen LogP contribution in [0.1, 0.15) is 11.5 Å². The van der Waals surface area contributed by atoms with E-state index in [9.17, 15) is 4.79 Å². The zero-order valence-corrected chi connectivity index (χ0v) is 14.0. The molecule has 25 heavy (non-hydrogen) atoms. The van der Waals surface area contributed by atoms with Crippen LogP contribution >= 0.6 is 0 Å². The zero-order chi connectivity index (χ0) is 16.9. The molecular formula is C19H21N3O3. The van der Waals surface area contributed by atoms with Crippen LogP contribution in [0.3, 0.4) is 0 Å². The molecule has 1 aromatic carbocycles. The lowest BCUT2D eigenvalue weighted by Gasteiger charge is -2.34. The van der Waals surface area contributed by atoms with Gasteiger partial charge in [-0.2, -0.15) is 0 Å². The molecule has 0 bridgehead atoms. The van der Waals surface area contributed by atoms with Crippen LogP contribution in [0.5, 0.6) is 0 Å². The van der Waals surface area contributed by atoms with Crippen molar-refractivity contribution < 1.29 is 13.9 Å². The van der Waals surface area contributed by atoms with Crippen molar-refractivity contribution in [2.24, 2.45) is 11.3 Å². The number of carbonyl (C=O) groups is 1. The van der Waals surface area contributed by atoms with Crippen LogP contribution in [-0.2, 0) is 22.5 Å². The SMILES string of the molecule is O=C(N1CCc2oc(-c3ccccc3)nc2C1)[C@]12CNC[C@H]1COC2. The number of nitrogens with zero attached hydrogens (tertiary/aromatic N) is 2. The summed E-state index contributed by atoms with van der Waals surface area (Å²) in [6.45, 7) is 4.00. The molecule has 0 aliphatic carbocycles. The lowest BCUT2D eigenvalue weighted by Crippen LogP contribution is -2.50. The van der Waals surface area contributed by atoms with Crippen molar-refractivity contribution in [3.05, 3.63) is 41.8 Å². The van der Waals surface area contributed by atoms with Gasteiger partial charge in [0.2, 0.25) is 11.8 Å². The number of carbonyl (C=O) groups excluding carboxylic acids is 1. The van der Waals surface area contributed by atoms with Crippen molar-refractivity contribution in [1.29, 1.82) is 0 Å². The van der Waals surface area contributed by atoms with Crippen LogP contribution in [-0.4, -0.2) is 48.6 Å². The number of aromatic nitrogens is 1. The first-order valence-electron chi connectivity index (χ1n) is 8.88. The third kappa shape index (κ3) is 2.32. The molecular weight excluding hydrogens is 318 g/mol. The second kappa shape index (κ2) is 5.68. The van der Waals surface area contributed by atoms with E-state index in [0.717, 1.165) is 30.0 Å². The number of nitrogens with one attached hydrogen (secondary N) is 1. The van der Waals surface area contributed by atoms with Crippen molar-refractivity contribution in [3.8, 4) is 11.5 Å². The summed E-state index contributed by atoms with van der Waals surface area (Å²) in [7, 11) is 0. The highest BCUT2D eigenvalue weighted by Crippen LogP contribution is 2.40. The van der Waals surface area contributed by atoms with E-state index < -0.39 is 0 Å². The molecule has 3 aliphatic rings. The Morgan fingerprint density at radius 2 is 2.20 bits per heavy atom. The Bertz CT molecular complexity index is 792. The van der Waals surface area contributed by atoms with Crippen LogP contribution < -0.4 is 5.32 Å². The highest BCUT2D eigenvalue weighted by Gasteiger charge is 2.54. The number of hydrogen-bond donors (Lipinski definition) is 1. The molecule has 0 radical (unpaired) electrons. The largest absolute Gasteiger partial charge is 0.441 e. The Morgan fingerprint density at radius 3 is 3.08 bits per heavy atom. The normalized spacial score (nSPS) is 28.0. The molecule has 1 N–H and O–H groups in total. The molecule has 6 heteroatoms. The summed E-state index contributed by atoms with van der Waals surface area (Å²) in [5.41, 5.74) is 1.47. The molecule has 2 aromatic rings. The van der Waals surface area contributed by atoms with Gasteiger partial charge in [-0.3, -0.25) is 4.79 Å². The third-order valence-electron chi connectivity index (χ3n) is 5.75. The zero-order valence-electron chi connectivity index (χ0n) is 14.0. The van der Waals surface area contributed by atoms with Gasteiger partial charge < -0.3 is 19.4 Å². The Labute approximate surface area is 146 Å². The lowest BCUT2D eigenvalue weighted by atomic mass is 9.79. The maximum absolute atomic E-state index is 13.2. The van der Waals surface area contributed by atoms with E-state index >= 15 is 0 Å². The van der Waals surface area contributed by atoms with Gasteiger partial charge in [0.25, 0.3) is 0 Å². The quantitative estimate of drug-likeness (QED) is 0.897. The highest BCUT2D eigenvalue weighted by atomic mass is 16.5. The van der Waals surface area contributed by atoms with E-state index in [1.54, 1.807) is 0 Å². The summed E-state index contributed by atoms with van der Waals surface area (Å²) in [6, 6.07) is 9.90. The molecule has 2 atom stereocenters. The van der Waals surface area contributed by atoms with Crippen molar-refractivity contribution in [2.75, 3.05) is 32.8 Å². The summed E-state index contributed by atoms with van der Waals surface area (Å²) in [5, 5.41) is 3.37. The first-order chi connectivity index (χ1) is 12.3. The predicted molar refractivity (Wildman–Crippen MR) is 90.7 cm³/mol. The summed E-state index contributed by atoms with van der Waals surface area (Å²) in [6.07, 6.45) is 0.718. The second-order valence-electron chi connectivity index (χ2n) is 7.23. The van der Waals surface area contributed by atoms with Crippen molar-refractivity contribution >= 4 is 5.91 Å². The molecule has 0 saturated carbocycles. The molecule has 4 heterocycles. The Balaban J connectivity index is 1.39. The molecule has 3 aliphatic heterocycles. The van der Waals surface area contributed by atoms with Gasteiger partial charge in [-0.25, -0.2) is 4.98 Å². The van der Waals surface area contributed by atoms with Gasteiger partial charge in [-0.1, -0.05) is 18.2 Å². The summed E-state index contributed by atoms with van der Waals surface area (Å²) in [4.78, 5) is 19.8. The molecule has 1 aromatic heterocycles. The fourth-order valence-electron chi connectivity index (χ4n) is 4.28. The van der Waals surface area contributed by atoms with Gasteiger partial charge in [-0.15, -0.1) is 0 Å². The first-order valence-corrected chi connectivity index (χ1v) is 8.88. The number of ether oxygens (including phenoxy) is 1. The Hall–Kier alpha value is -2.18. The Morgan fingerprint density at radius 1 is 1.32 bits per heavy atom. The van der Waals surface area contributed by atoms with Crippen molar-refractivity contribution in [2.45, 2.75) is 13.0 Å². The molecule has 0 spiro atoms. The number of rotatable bonds is 2. The molecule has 130 valence electrons. The standard InChI is InChI=1S/C19H21N3O3/c23-18(19-11-20-8-14(19)10-24-12-19)22-7-6-16-15(9-22)21-17(25-16)13-4-2-1-3-5-13/h1-5,14,20H,6-12H2/t14-,19-/m0/s1. The van der Waals surface area contributed by atoms with Crippen molar-refractivity contribution in [3.63, 3.8) is 0 Å². The topological polar surface area (TPSA) is 67.6 Å². The number of benzene rings is 1. The molecule has 1 amide bonds. The Kier molecular flexibility index (Phi) is 3.43. The fraction of sp³-hybridized carbons (Fsp3) is 0.474. The molecule has 2 fully saturated rings. The van der Waals surface area contributed by atoms with E-state index in [4.69, 9.17) is 9.15 Å². The number of hydrogen-bond acceptors (Lipinski definition) is 5. The van der Waals surface area contributed by atoms with Gasteiger partial charge in [0.15, 0.2) is 0 Å². The maximum atomic E-state index is 13.2. The second-order valence-corrected chi connectivity index (χ2v) is 7.23. The molecule has 0 unspecified atom stereocenters. The minimum atomic E-state index is -0.385. The van der Waals surface area contributed by atoms with E-state index in [-0.39, 0.29) is 11.3 Å². The molecule has 5 rings (SSSR count). The van der Waals surface area contributed by atoms with Gasteiger partial charge in [0.1, 0.15) is 11.5 Å². The van der Waals surface area contributed by atoms with Crippen LogP contribution in [0, 0.1) is 11.3 Å². The van der Waals surface area contributed by atoms with E-state index in [1.165, 1.54) is 0 Å². The van der Waals surface area contributed by atoms with E-state index in [2.05, 4.69) is 10.3 Å². The van der Waals surface area contributed by atoms with E-state index in [1.807, 2.05) is 35.2 Å². The summed E-state index contributed by atoms with van der Waals surface area (Å²) < 4.78 is 11.6. The minimum absolute atomic E-state index is 0.204. The first kappa shape index (κ1) is 15.1. The van der Waals surface area contributed by atoms with Crippen molar-refractivity contribution in [1.82, 2.24) is 15.2 Å². The maximum Gasteiger partial charge on any atom is 0.233 e. The van der Waals surface area contributed by atoms with Crippen LogP contribution in [0.25, 0.3) is 11.5 Å². The molecule has 2 saturated heterocycles. The minimum Gasteiger partial charge on any atom is -0.441 e. The molecule has 6 nitrogen and oxygen atoms in total. The average Bonchev–Trinajstić information content (AvgIpc) is 3.34.